The molecule has 1 aliphatic heterocycles. The minimum absolute atomic E-state index is 0.0231. The highest BCUT2D eigenvalue weighted by Gasteiger charge is 2.31. The lowest BCUT2D eigenvalue weighted by Gasteiger charge is -2.14. The highest BCUT2D eigenvalue weighted by molar-refractivity contribution is 5.79. The molecular weight excluding hydrogens is 144 g/mol. The Balaban J connectivity index is 2.49. The molecule has 1 aliphatic rings. The number of carbonyl (C=O) groups is 1. The second-order valence-electron chi connectivity index (χ2n) is 2.65. The molecule has 1 fully saturated rings. The van der Waals surface area contributed by atoms with Crippen molar-refractivity contribution in [1.82, 2.24) is 10.6 Å². The fourth-order valence-corrected chi connectivity index (χ4v) is 1.35. The van der Waals surface area contributed by atoms with Gasteiger partial charge in [-0.1, -0.05) is 0 Å². The van der Waals surface area contributed by atoms with Gasteiger partial charge in [0.1, 0.15) is 0 Å². The molecule has 0 bridgehead atoms. The number of ether oxygens (including phenoxy) is 1. The Hall–Kier alpha value is -0.610. The van der Waals surface area contributed by atoms with Gasteiger partial charge in [0.15, 0.2) is 0 Å². The van der Waals surface area contributed by atoms with Crippen molar-refractivity contribution in [2.45, 2.75) is 6.10 Å². The summed E-state index contributed by atoms with van der Waals surface area (Å²) < 4.78 is 5.12. The van der Waals surface area contributed by atoms with E-state index in [1.54, 1.807) is 14.2 Å². The number of nitrogens with one attached hydrogen (secondary N) is 2. The maximum absolute atomic E-state index is 11.2. The van der Waals surface area contributed by atoms with Gasteiger partial charge < -0.3 is 15.4 Å². The third-order valence-electron chi connectivity index (χ3n) is 2.04. The van der Waals surface area contributed by atoms with E-state index in [4.69, 9.17) is 4.74 Å². The van der Waals surface area contributed by atoms with Gasteiger partial charge in [0.05, 0.1) is 12.0 Å². The third kappa shape index (κ3) is 1.70. The van der Waals surface area contributed by atoms with Crippen molar-refractivity contribution in [3.8, 4) is 0 Å². The number of rotatable bonds is 2. The minimum atomic E-state index is -0.0231. The van der Waals surface area contributed by atoms with Crippen molar-refractivity contribution in [1.29, 1.82) is 0 Å². The zero-order valence-electron chi connectivity index (χ0n) is 6.89. The molecule has 0 spiro atoms. The van der Waals surface area contributed by atoms with Gasteiger partial charge in [-0.05, 0) is 0 Å². The summed E-state index contributed by atoms with van der Waals surface area (Å²) in [6.45, 7) is 1.49. The quantitative estimate of drug-likeness (QED) is 0.540. The van der Waals surface area contributed by atoms with Crippen LogP contribution >= 0.6 is 0 Å². The van der Waals surface area contributed by atoms with Crippen molar-refractivity contribution in [2.75, 3.05) is 27.2 Å². The van der Waals surface area contributed by atoms with Gasteiger partial charge in [-0.25, -0.2) is 0 Å². The normalized spacial score (nSPS) is 30.4. The molecule has 1 amide bonds. The first kappa shape index (κ1) is 8.49. The average Bonchev–Trinajstić information content (AvgIpc) is 2.50. The standard InChI is InChI=1S/C7H14N2O2/c1-8-7(10)5-3-9-4-6(5)11-2/h5-6,9H,3-4H2,1-2H3,(H,8,10). The molecule has 0 saturated carbocycles. The maximum atomic E-state index is 11.2. The summed E-state index contributed by atoms with van der Waals surface area (Å²) in [6, 6.07) is 0. The fraction of sp³-hybridized carbons (Fsp3) is 0.857. The molecule has 1 heterocycles. The van der Waals surface area contributed by atoms with Gasteiger partial charge in [-0.2, -0.15) is 0 Å². The first-order valence-electron chi connectivity index (χ1n) is 3.74. The second kappa shape index (κ2) is 3.69. The molecule has 0 aromatic heterocycles. The monoisotopic (exact) mass is 158 g/mol. The molecule has 0 aromatic carbocycles. The van der Waals surface area contributed by atoms with Crippen LogP contribution in [0.5, 0.6) is 0 Å². The van der Waals surface area contributed by atoms with E-state index < -0.39 is 0 Å². The lowest BCUT2D eigenvalue weighted by molar-refractivity contribution is -0.127. The molecule has 2 unspecified atom stereocenters. The highest BCUT2D eigenvalue weighted by Crippen LogP contribution is 2.11. The van der Waals surface area contributed by atoms with Crippen LogP contribution in [0.2, 0.25) is 0 Å². The topological polar surface area (TPSA) is 50.4 Å². The summed E-state index contributed by atoms with van der Waals surface area (Å²) in [5.74, 6) is 0.0341. The Morgan fingerprint density at radius 3 is 2.91 bits per heavy atom. The lowest BCUT2D eigenvalue weighted by Crippen LogP contribution is -2.35. The Kier molecular flexibility index (Phi) is 2.84. The summed E-state index contributed by atoms with van der Waals surface area (Å²) >= 11 is 0. The van der Waals surface area contributed by atoms with E-state index in [0.717, 1.165) is 13.1 Å². The van der Waals surface area contributed by atoms with Gasteiger partial charge in [-0.15, -0.1) is 0 Å². The average molecular weight is 158 g/mol. The summed E-state index contributed by atoms with van der Waals surface area (Å²) in [5, 5.41) is 5.72. The van der Waals surface area contributed by atoms with Crippen molar-refractivity contribution >= 4 is 5.91 Å². The Labute approximate surface area is 66.3 Å². The largest absolute Gasteiger partial charge is 0.379 e. The molecule has 64 valence electrons. The Bertz CT molecular complexity index is 149. The number of carbonyl (C=O) groups excluding carboxylic acids is 1. The molecule has 2 N–H and O–H groups in total. The van der Waals surface area contributed by atoms with E-state index in [0.29, 0.717) is 0 Å². The molecule has 4 heteroatoms. The number of amides is 1. The van der Waals surface area contributed by atoms with E-state index in [9.17, 15) is 4.79 Å². The molecule has 0 aromatic rings. The van der Waals surface area contributed by atoms with Gasteiger partial charge in [0, 0.05) is 27.2 Å². The number of hydrogen-bond donors (Lipinski definition) is 2. The number of methoxy groups -OCH3 is 1. The van der Waals surface area contributed by atoms with Crippen LogP contribution in [0.25, 0.3) is 0 Å². The van der Waals surface area contributed by atoms with Crippen LogP contribution < -0.4 is 10.6 Å². The molecule has 0 radical (unpaired) electrons. The predicted molar refractivity (Wildman–Crippen MR) is 41.2 cm³/mol. The first-order valence-corrected chi connectivity index (χ1v) is 3.74. The van der Waals surface area contributed by atoms with Gasteiger partial charge in [-0.3, -0.25) is 4.79 Å². The third-order valence-corrected chi connectivity index (χ3v) is 2.04. The lowest BCUT2D eigenvalue weighted by atomic mass is 10.1. The summed E-state index contributed by atoms with van der Waals surface area (Å²) in [7, 11) is 3.28. The van der Waals surface area contributed by atoms with E-state index in [1.807, 2.05) is 0 Å². The molecule has 0 aliphatic carbocycles. The Morgan fingerprint density at radius 2 is 2.36 bits per heavy atom. The minimum Gasteiger partial charge on any atom is -0.379 e. The Morgan fingerprint density at radius 1 is 1.64 bits per heavy atom. The van der Waals surface area contributed by atoms with Crippen LogP contribution in [-0.2, 0) is 9.53 Å². The molecule has 1 saturated heterocycles. The summed E-state index contributed by atoms with van der Waals surface area (Å²) in [6.07, 6.45) is 0.0370. The van der Waals surface area contributed by atoms with E-state index in [1.165, 1.54) is 0 Å². The maximum Gasteiger partial charge on any atom is 0.226 e. The van der Waals surface area contributed by atoms with E-state index in [2.05, 4.69) is 10.6 Å². The van der Waals surface area contributed by atoms with Crippen molar-refractivity contribution < 1.29 is 9.53 Å². The van der Waals surface area contributed by atoms with E-state index >= 15 is 0 Å². The van der Waals surface area contributed by atoms with Crippen LogP contribution in [0.1, 0.15) is 0 Å². The van der Waals surface area contributed by atoms with E-state index in [-0.39, 0.29) is 17.9 Å². The van der Waals surface area contributed by atoms with Crippen molar-refractivity contribution in [2.24, 2.45) is 5.92 Å². The van der Waals surface area contributed by atoms with Gasteiger partial charge in [0.2, 0.25) is 5.91 Å². The first-order chi connectivity index (χ1) is 5.29. The van der Waals surface area contributed by atoms with Crippen LogP contribution in [0.15, 0.2) is 0 Å². The summed E-state index contributed by atoms with van der Waals surface area (Å²) in [4.78, 5) is 11.2. The molecular formula is C7H14N2O2. The second-order valence-corrected chi connectivity index (χ2v) is 2.65. The molecule has 11 heavy (non-hydrogen) atoms. The molecule has 2 atom stereocenters. The van der Waals surface area contributed by atoms with Gasteiger partial charge in [0.25, 0.3) is 0 Å². The van der Waals surface area contributed by atoms with Crippen LogP contribution in [0.4, 0.5) is 0 Å². The number of hydrogen-bond acceptors (Lipinski definition) is 3. The molecule has 1 rings (SSSR count). The fourth-order valence-electron chi connectivity index (χ4n) is 1.35. The van der Waals surface area contributed by atoms with Crippen molar-refractivity contribution in [3.63, 3.8) is 0 Å². The van der Waals surface area contributed by atoms with Gasteiger partial charge >= 0.3 is 0 Å². The highest BCUT2D eigenvalue weighted by atomic mass is 16.5. The predicted octanol–water partition coefficient (Wildman–Crippen LogP) is -1.03. The summed E-state index contributed by atoms with van der Waals surface area (Å²) in [5.41, 5.74) is 0. The van der Waals surface area contributed by atoms with Crippen LogP contribution in [0, 0.1) is 5.92 Å². The van der Waals surface area contributed by atoms with Crippen molar-refractivity contribution in [3.05, 3.63) is 0 Å². The zero-order chi connectivity index (χ0) is 8.27. The SMILES string of the molecule is CNC(=O)C1CNCC1OC. The molecule has 4 nitrogen and oxygen atoms in total. The smallest absolute Gasteiger partial charge is 0.226 e. The van der Waals surface area contributed by atoms with Crippen LogP contribution in [0.3, 0.4) is 0 Å². The zero-order valence-corrected chi connectivity index (χ0v) is 6.89. The van der Waals surface area contributed by atoms with Crippen LogP contribution in [-0.4, -0.2) is 39.3 Å².